The van der Waals surface area contributed by atoms with Crippen LogP contribution in [0, 0.1) is 10.1 Å². The second kappa shape index (κ2) is 6.56. The van der Waals surface area contributed by atoms with Gasteiger partial charge in [0.2, 0.25) is 0 Å². The van der Waals surface area contributed by atoms with Gasteiger partial charge in [-0.05, 0) is 17.7 Å². The van der Waals surface area contributed by atoms with E-state index >= 15 is 0 Å². The predicted molar refractivity (Wildman–Crippen MR) is 78.7 cm³/mol. The van der Waals surface area contributed by atoms with Gasteiger partial charge >= 0.3 is 5.97 Å². The summed E-state index contributed by atoms with van der Waals surface area (Å²) in [5.41, 5.74) is 0.506. The van der Waals surface area contributed by atoms with Crippen LogP contribution in [0.5, 0.6) is 0 Å². The number of carbonyl (C=O) groups excluding carboxylic acids is 1. The van der Waals surface area contributed by atoms with Gasteiger partial charge in [0.05, 0.1) is 20.5 Å². The van der Waals surface area contributed by atoms with Gasteiger partial charge in [0, 0.05) is 12.1 Å². The predicted octanol–water partition coefficient (Wildman–Crippen LogP) is 4.26. The van der Waals surface area contributed by atoms with Crippen LogP contribution in [0.2, 0.25) is 10.0 Å². The highest BCUT2D eigenvalue weighted by atomic mass is 35.5. The number of nitro groups is 1. The quantitative estimate of drug-likeness (QED) is 0.478. The first-order valence-electron chi connectivity index (χ1n) is 5.83. The van der Waals surface area contributed by atoms with Crippen LogP contribution in [0.15, 0.2) is 42.5 Å². The molecule has 2 aromatic carbocycles. The van der Waals surface area contributed by atoms with E-state index in [0.717, 1.165) is 0 Å². The Kier molecular flexibility index (Phi) is 4.77. The smallest absolute Gasteiger partial charge is 0.341 e. The average molecular weight is 326 g/mol. The van der Waals surface area contributed by atoms with Crippen LogP contribution in [0.4, 0.5) is 5.69 Å². The van der Waals surface area contributed by atoms with Crippen molar-refractivity contribution < 1.29 is 14.5 Å². The highest BCUT2D eigenvalue weighted by Gasteiger charge is 2.16. The summed E-state index contributed by atoms with van der Waals surface area (Å²) in [6.07, 6.45) is 0. The van der Waals surface area contributed by atoms with E-state index in [4.69, 9.17) is 27.9 Å². The number of ether oxygens (including phenoxy) is 1. The summed E-state index contributed by atoms with van der Waals surface area (Å²) in [6, 6.07) is 10.5. The molecule has 5 nitrogen and oxygen atoms in total. The summed E-state index contributed by atoms with van der Waals surface area (Å²) < 4.78 is 5.08. The number of carbonyl (C=O) groups is 1. The van der Waals surface area contributed by atoms with E-state index in [0.29, 0.717) is 5.56 Å². The number of hydrogen-bond acceptors (Lipinski definition) is 4. The van der Waals surface area contributed by atoms with E-state index in [9.17, 15) is 14.9 Å². The molecule has 0 aliphatic rings. The molecule has 0 saturated heterocycles. The van der Waals surface area contributed by atoms with Crippen molar-refractivity contribution in [2.24, 2.45) is 0 Å². The number of halogens is 2. The normalized spacial score (nSPS) is 10.2. The molecule has 0 unspecified atom stereocenters. The fourth-order valence-corrected chi connectivity index (χ4v) is 2.23. The summed E-state index contributed by atoms with van der Waals surface area (Å²) >= 11 is 11.8. The standard InChI is InChI=1S/C14H9Cl2NO4/c15-11-5-2-6-12(16)13(11)14(18)21-8-9-3-1-4-10(7-9)17(19)20/h1-7H,8H2. The summed E-state index contributed by atoms with van der Waals surface area (Å²) in [5, 5.41) is 11.0. The van der Waals surface area contributed by atoms with E-state index in [2.05, 4.69) is 0 Å². The molecule has 0 saturated carbocycles. The van der Waals surface area contributed by atoms with Crippen LogP contribution < -0.4 is 0 Å². The van der Waals surface area contributed by atoms with Gasteiger partial charge in [0.25, 0.3) is 5.69 Å². The Bertz CT molecular complexity index is 683. The van der Waals surface area contributed by atoms with E-state index in [-0.39, 0.29) is 27.9 Å². The van der Waals surface area contributed by atoms with Gasteiger partial charge in [-0.25, -0.2) is 4.79 Å². The molecule has 0 amide bonds. The maximum Gasteiger partial charge on any atom is 0.341 e. The number of esters is 1. The molecule has 2 rings (SSSR count). The molecule has 108 valence electrons. The molecule has 7 heteroatoms. The Balaban J connectivity index is 2.11. The van der Waals surface area contributed by atoms with E-state index in [1.807, 2.05) is 0 Å². The van der Waals surface area contributed by atoms with Crippen LogP contribution in [-0.2, 0) is 11.3 Å². The third-order valence-corrected chi connectivity index (χ3v) is 3.29. The van der Waals surface area contributed by atoms with Gasteiger partial charge in [0.1, 0.15) is 6.61 Å². The summed E-state index contributed by atoms with van der Waals surface area (Å²) in [4.78, 5) is 22.1. The molecule has 0 aliphatic carbocycles. The first-order valence-corrected chi connectivity index (χ1v) is 6.59. The average Bonchev–Trinajstić information content (AvgIpc) is 2.45. The van der Waals surface area contributed by atoms with Crippen molar-refractivity contribution in [2.75, 3.05) is 0 Å². The lowest BCUT2D eigenvalue weighted by Crippen LogP contribution is -2.07. The van der Waals surface area contributed by atoms with Gasteiger partial charge < -0.3 is 4.74 Å². The first-order chi connectivity index (χ1) is 9.99. The topological polar surface area (TPSA) is 69.4 Å². The third-order valence-electron chi connectivity index (χ3n) is 2.66. The van der Waals surface area contributed by atoms with Crippen molar-refractivity contribution in [3.8, 4) is 0 Å². The molecule has 0 aliphatic heterocycles. The minimum atomic E-state index is -0.683. The molecule has 2 aromatic rings. The van der Waals surface area contributed by atoms with Crippen LogP contribution in [-0.4, -0.2) is 10.9 Å². The van der Waals surface area contributed by atoms with E-state index in [1.54, 1.807) is 12.1 Å². The number of hydrogen-bond donors (Lipinski definition) is 0. The fraction of sp³-hybridized carbons (Fsp3) is 0.0714. The van der Waals surface area contributed by atoms with Crippen LogP contribution in [0.1, 0.15) is 15.9 Å². The maximum absolute atomic E-state index is 12.0. The summed E-state index contributed by atoms with van der Waals surface area (Å²) in [5.74, 6) is -0.683. The second-order valence-corrected chi connectivity index (χ2v) is 4.91. The van der Waals surface area contributed by atoms with Crippen molar-refractivity contribution in [3.63, 3.8) is 0 Å². The molecule has 0 atom stereocenters. The number of benzene rings is 2. The minimum Gasteiger partial charge on any atom is -0.457 e. The molecule has 0 aromatic heterocycles. The minimum absolute atomic E-state index is 0.0701. The van der Waals surface area contributed by atoms with Crippen molar-refractivity contribution in [2.45, 2.75) is 6.61 Å². The van der Waals surface area contributed by atoms with Crippen LogP contribution >= 0.6 is 23.2 Å². The number of nitro benzene ring substituents is 1. The van der Waals surface area contributed by atoms with Crippen molar-refractivity contribution in [1.82, 2.24) is 0 Å². The largest absolute Gasteiger partial charge is 0.457 e. The van der Waals surface area contributed by atoms with Gasteiger partial charge in [-0.2, -0.15) is 0 Å². The van der Waals surface area contributed by atoms with Crippen LogP contribution in [0.25, 0.3) is 0 Å². The third kappa shape index (κ3) is 3.71. The van der Waals surface area contributed by atoms with Crippen molar-refractivity contribution in [1.29, 1.82) is 0 Å². The van der Waals surface area contributed by atoms with Crippen LogP contribution in [0.3, 0.4) is 0 Å². The molecule has 0 bridgehead atoms. The fourth-order valence-electron chi connectivity index (χ4n) is 1.67. The lowest BCUT2D eigenvalue weighted by Gasteiger charge is -2.07. The Morgan fingerprint density at radius 2 is 1.76 bits per heavy atom. The zero-order valence-corrected chi connectivity index (χ0v) is 12.1. The molecular weight excluding hydrogens is 317 g/mol. The SMILES string of the molecule is O=C(OCc1cccc([N+](=O)[O-])c1)c1c(Cl)cccc1Cl. The molecule has 0 N–H and O–H groups in total. The molecule has 0 fully saturated rings. The monoisotopic (exact) mass is 325 g/mol. The summed E-state index contributed by atoms with van der Waals surface area (Å²) in [6.45, 7) is -0.109. The van der Waals surface area contributed by atoms with Gasteiger partial charge in [-0.3, -0.25) is 10.1 Å². The molecule has 0 radical (unpaired) electrons. The molecule has 0 heterocycles. The Labute approximate surface area is 130 Å². The lowest BCUT2D eigenvalue weighted by atomic mass is 10.2. The van der Waals surface area contributed by atoms with Crippen molar-refractivity contribution >= 4 is 34.9 Å². The maximum atomic E-state index is 12.0. The number of nitrogens with zero attached hydrogens (tertiary/aromatic N) is 1. The highest BCUT2D eigenvalue weighted by Crippen LogP contribution is 2.25. The first kappa shape index (κ1) is 15.3. The molecule has 0 spiro atoms. The highest BCUT2D eigenvalue weighted by molar-refractivity contribution is 6.39. The van der Waals surface area contributed by atoms with Gasteiger partial charge in [-0.15, -0.1) is 0 Å². The Hall–Kier alpha value is -2.11. The van der Waals surface area contributed by atoms with Gasteiger partial charge in [0.15, 0.2) is 0 Å². The lowest BCUT2D eigenvalue weighted by molar-refractivity contribution is -0.384. The number of rotatable bonds is 4. The molecule has 21 heavy (non-hydrogen) atoms. The Morgan fingerprint density at radius 1 is 1.14 bits per heavy atom. The van der Waals surface area contributed by atoms with Gasteiger partial charge in [-0.1, -0.05) is 41.4 Å². The van der Waals surface area contributed by atoms with E-state index in [1.165, 1.54) is 30.3 Å². The summed E-state index contributed by atoms with van der Waals surface area (Å²) in [7, 11) is 0. The van der Waals surface area contributed by atoms with Crippen molar-refractivity contribution in [3.05, 3.63) is 73.8 Å². The van der Waals surface area contributed by atoms with E-state index < -0.39 is 10.9 Å². The number of non-ortho nitro benzene ring substituents is 1. The zero-order chi connectivity index (χ0) is 15.4. The zero-order valence-electron chi connectivity index (χ0n) is 10.6. The Morgan fingerprint density at radius 3 is 2.38 bits per heavy atom. The molecular formula is C14H9Cl2NO4. The second-order valence-electron chi connectivity index (χ2n) is 4.10.